The molecule has 30 heavy (non-hydrogen) atoms. The summed E-state index contributed by atoms with van der Waals surface area (Å²) in [5.41, 5.74) is 1.65. The molecule has 1 saturated heterocycles. The molecular formula is C21H26N6O3. The molecule has 2 aromatic heterocycles. The molecule has 0 spiro atoms. The number of carbonyl (C=O) groups is 1. The lowest BCUT2D eigenvalue weighted by atomic mass is 10.0. The topological polar surface area (TPSA) is 95.3 Å². The number of ether oxygens (including phenoxy) is 2. The molecule has 0 N–H and O–H groups in total. The summed E-state index contributed by atoms with van der Waals surface area (Å²) in [6.07, 6.45) is 3.02. The molecule has 0 aliphatic carbocycles. The van der Waals surface area contributed by atoms with Crippen molar-refractivity contribution in [3.05, 3.63) is 36.3 Å². The minimum atomic E-state index is -0.490. The van der Waals surface area contributed by atoms with Crippen molar-refractivity contribution in [3.63, 3.8) is 0 Å². The van der Waals surface area contributed by atoms with Crippen molar-refractivity contribution in [3.8, 4) is 11.4 Å². The van der Waals surface area contributed by atoms with Crippen LogP contribution in [0.1, 0.15) is 33.0 Å². The average Bonchev–Trinajstić information content (AvgIpc) is 3.34. The second-order valence-electron chi connectivity index (χ2n) is 8.48. The Hall–Kier alpha value is -3.23. The van der Waals surface area contributed by atoms with E-state index in [0.29, 0.717) is 36.6 Å². The fourth-order valence-electron chi connectivity index (χ4n) is 3.51. The molecule has 3 aromatic rings. The predicted octanol–water partition coefficient (Wildman–Crippen LogP) is 3.02. The van der Waals surface area contributed by atoms with E-state index in [-0.39, 0.29) is 6.09 Å². The Balaban J connectivity index is 1.48. The number of carbonyl (C=O) groups excluding carboxylic acids is 1. The molecule has 1 atom stereocenters. The van der Waals surface area contributed by atoms with E-state index in [4.69, 9.17) is 14.5 Å². The number of likely N-dealkylation sites (tertiary alicyclic amines) is 1. The second kappa shape index (κ2) is 7.89. The van der Waals surface area contributed by atoms with Crippen LogP contribution < -0.4 is 4.74 Å². The summed E-state index contributed by atoms with van der Waals surface area (Å²) in [5, 5.41) is 8.38. The largest absolute Gasteiger partial charge is 0.497 e. The van der Waals surface area contributed by atoms with E-state index in [9.17, 15) is 4.79 Å². The summed E-state index contributed by atoms with van der Waals surface area (Å²) in [6, 6.07) is 7.55. The molecule has 1 fully saturated rings. The number of fused-ring (bicyclic) bond motifs is 1. The Labute approximate surface area is 175 Å². The zero-order valence-electron chi connectivity index (χ0n) is 17.7. The van der Waals surface area contributed by atoms with E-state index in [1.807, 2.05) is 45.0 Å². The van der Waals surface area contributed by atoms with E-state index < -0.39 is 5.60 Å². The van der Waals surface area contributed by atoms with Gasteiger partial charge >= 0.3 is 6.09 Å². The van der Waals surface area contributed by atoms with Crippen LogP contribution in [0.25, 0.3) is 16.9 Å². The van der Waals surface area contributed by atoms with Gasteiger partial charge in [-0.05, 0) is 57.4 Å². The van der Waals surface area contributed by atoms with Crippen molar-refractivity contribution in [1.82, 2.24) is 29.9 Å². The molecule has 0 bridgehead atoms. The molecule has 0 radical (unpaired) electrons. The van der Waals surface area contributed by atoms with Crippen LogP contribution >= 0.6 is 0 Å². The number of aromatic nitrogens is 5. The Bertz CT molecular complexity index is 1040. The lowest BCUT2D eigenvalue weighted by Gasteiger charge is -2.24. The van der Waals surface area contributed by atoms with Crippen LogP contribution in [0.5, 0.6) is 5.75 Å². The molecular weight excluding hydrogens is 384 g/mol. The van der Waals surface area contributed by atoms with E-state index in [1.54, 1.807) is 22.9 Å². The number of rotatable bonds is 4. The van der Waals surface area contributed by atoms with Crippen LogP contribution in [0.2, 0.25) is 0 Å². The van der Waals surface area contributed by atoms with Gasteiger partial charge in [0.05, 0.1) is 19.0 Å². The molecule has 9 nitrogen and oxygen atoms in total. The van der Waals surface area contributed by atoms with Crippen LogP contribution in [0.3, 0.4) is 0 Å². The third kappa shape index (κ3) is 4.34. The fraction of sp³-hybridized carbons (Fsp3) is 0.476. The standard InChI is InChI=1S/C21H26N6O3/c1-21(2,3)30-20(28)26-10-9-14(13-26)11-18-22-12-17-19(23-18)27(25-24-17)15-5-7-16(29-4)8-6-15/h5-8,12,14H,9-11,13H2,1-4H3/t14-/m1/s1. The van der Waals surface area contributed by atoms with Gasteiger partial charge in [0.1, 0.15) is 17.2 Å². The van der Waals surface area contributed by atoms with Crippen LogP contribution in [-0.4, -0.2) is 61.8 Å². The van der Waals surface area contributed by atoms with Crippen molar-refractivity contribution in [2.24, 2.45) is 5.92 Å². The summed E-state index contributed by atoms with van der Waals surface area (Å²) >= 11 is 0. The molecule has 1 aromatic carbocycles. The maximum atomic E-state index is 12.3. The number of benzene rings is 1. The zero-order valence-corrected chi connectivity index (χ0v) is 17.7. The highest BCUT2D eigenvalue weighted by Crippen LogP contribution is 2.23. The zero-order chi connectivity index (χ0) is 21.3. The molecule has 1 aliphatic rings. The maximum Gasteiger partial charge on any atom is 0.410 e. The number of amides is 1. The first-order valence-electron chi connectivity index (χ1n) is 10.0. The van der Waals surface area contributed by atoms with Gasteiger partial charge in [-0.1, -0.05) is 5.21 Å². The summed E-state index contributed by atoms with van der Waals surface area (Å²) < 4.78 is 12.4. The van der Waals surface area contributed by atoms with E-state index in [0.717, 1.165) is 23.7 Å². The van der Waals surface area contributed by atoms with Gasteiger partial charge in [0.25, 0.3) is 0 Å². The van der Waals surface area contributed by atoms with Gasteiger partial charge in [-0.2, -0.15) is 4.68 Å². The van der Waals surface area contributed by atoms with Crippen molar-refractivity contribution >= 4 is 17.3 Å². The first-order valence-corrected chi connectivity index (χ1v) is 10.0. The molecule has 1 aliphatic heterocycles. The van der Waals surface area contributed by atoms with Gasteiger partial charge in [-0.15, -0.1) is 5.10 Å². The number of nitrogens with zero attached hydrogens (tertiary/aromatic N) is 6. The molecule has 4 rings (SSSR count). The summed E-state index contributed by atoms with van der Waals surface area (Å²) in [5.74, 6) is 1.78. The Kier molecular flexibility index (Phi) is 5.27. The van der Waals surface area contributed by atoms with Crippen molar-refractivity contribution in [2.45, 2.75) is 39.2 Å². The van der Waals surface area contributed by atoms with Gasteiger partial charge in [0, 0.05) is 19.5 Å². The highest BCUT2D eigenvalue weighted by atomic mass is 16.6. The van der Waals surface area contributed by atoms with Gasteiger partial charge < -0.3 is 14.4 Å². The van der Waals surface area contributed by atoms with E-state index in [1.165, 1.54) is 0 Å². The molecule has 9 heteroatoms. The third-order valence-corrected chi connectivity index (χ3v) is 4.97. The first-order chi connectivity index (χ1) is 14.3. The SMILES string of the molecule is COc1ccc(-n2nnc3cnc(C[C@H]4CCN(C(=O)OC(C)(C)C)C4)nc32)cc1. The van der Waals surface area contributed by atoms with Gasteiger partial charge in [-0.25, -0.2) is 14.8 Å². The third-order valence-electron chi connectivity index (χ3n) is 4.97. The number of hydrogen-bond acceptors (Lipinski definition) is 7. The lowest BCUT2D eigenvalue weighted by molar-refractivity contribution is 0.0288. The maximum absolute atomic E-state index is 12.3. The van der Waals surface area contributed by atoms with Crippen LogP contribution in [0.15, 0.2) is 30.5 Å². The van der Waals surface area contributed by atoms with Crippen molar-refractivity contribution in [1.29, 1.82) is 0 Å². The predicted molar refractivity (Wildman–Crippen MR) is 111 cm³/mol. The van der Waals surface area contributed by atoms with Gasteiger partial charge in [0.15, 0.2) is 11.2 Å². The average molecular weight is 410 g/mol. The molecule has 1 amide bonds. The minimum Gasteiger partial charge on any atom is -0.497 e. The lowest BCUT2D eigenvalue weighted by Crippen LogP contribution is -2.35. The number of hydrogen-bond donors (Lipinski definition) is 0. The van der Waals surface area contributed by atoms with Crippen molar-refractivity contribution in [2.75, 3.05) is 20.2 Å². The highest BCUT2D eigenvalue weighted by Gasteiger charge is 2.30. The normalized spacial score (nSPS) is 16.8. The fourth-order valence-corrected chi connectivity index (χ4v) is 3.51. The molecule has 3 heterocycles. The molecule has 0 unspecified atom stereocenters. The van der Waals surface area contributed by atoms with Crippen LogP contribution in [-0.2, 0) is 11.2 Å². The monoisotopic (exact) mass is 410 g/mol. The number of methoxy groups -OCH3 is 1. The smallest absolute Gasteiger partial charge is 0.410 e. The van der Waals surface area contributed by atoms with Crippen LogP contribution in [0, 0.1) is 5.92 Å². The van der Waals surface area contributed by atoms with Crippen molar-refractivity contribution < 1.29 is 14.3 Å². The van der Waals surface area contributed by atoms with E-state index in [2.05, 4.69) is 15.3 Å². The summed E-state index contributed by atoms with van der Waals surface area (Å²) in [4.78, 5) is 23.2. The Morgan fingerprint density at radius 1 is 1.23 bits per heavy atom. The van der Waals surface area contributed by atoms with Gasteiger partial charge in [0.2, 0.25) is 0 Å². The first kappa shape index (κ1) is 20.1. The summed E-state index contributed by atoms with van der Waals surface area (Å²) in [7, 11) is 1.63. The quantitative estimate of drug-likeness (QED) is 0.652. The molecule has 158 valence electrons. The minimum absolute atomic E-state index is 0.261. The van der Waals surface area contributed by atoms with E-state index >= 15 is 0 Å². The molecule has 0 saturated carbocycles. The Morgan fingerprint density at radius 2 is 2.00 bits per heavy atom. The van der Waals surface area contributed by atoms with Gasteiger partial charge in [-0.3, -0.25) is 0 Å². The van der Waals surface area contributed by atoms with Crippen LogP contribution in [0.4, 0.5) is 4.79 Å². The Morgan fingerprint density at radius 3 is 2.70 bits per heavy atom. The second-order valence-corrected chi connectivity index (χ2v) is 8.48. The summed E-state index contributed by atoms with van der Waals surface area (Å²) in [6.45, 7) is 6.96. The highest BCUT2D eigenvalue weighted by molar-refractivity contribution is 5.70.